The summed E-state index contributed by atoms with van der Waals surface area (Å²) in [5.41, 5.74) is 1.01. The van der Waals surface area contributed by atoms with Gasteiger partial charge in [-0.25, -0.2) is 0 Å². The first-order valence-electron chi connectivity index (χ1n) is 5.63. The Bertz CT molecular complexity index is 358. The predicted molar refractivity (Wildman–Crippen MR) is 66.6 cm³/mol. The summed E-state index contributed by atoms with van der Waals surface area (Å²) in [5, 5.41) is 5.17. The molecule has 2 N–H and O–H groups in total. The number of carbonyl (C=O) groups excluding carboxylic acids is 2. The zero-order valence-electron chi connectivity index (χ0n) is 10.2. The molecule has 0 aromatic heterocycles. The lowest BCUT2D eigenvalue weighted by Crippen LogP contribution is -2.25. The molecule has 0 spiro atoms. The van der Waals surface area contributed by atoms with E-state index in [0.717, 1.165) is 5.56 Å². The van der Waals surface area contributed by atoms with Crippen molar-refractivity contribution in [3.05, 3.63) is 35.9 Å². The van der Waals surface area contributed by atoms with Gasteiger partial charge in [0.1, 0.15) is 0 Å². The summed E-state index contributed by atoms with van der Waals surface area (Å²) in [5.74, 6) is -0.179. The summed E-state index contributed by atoms with van der Waals surface area (Å²) in [7, 11) is 3.20. The minimum Gasteiger partial charge on any atom is -0.359 e. The van der Waals surface area contributed by atoms with E-state index >= 15 is 0 Å². The normalized spacial score (nSPS) is 10.1. The van der Waals surface area contributed by atoms with Crippen LogP contribution in [-0.4, -0.2) is 25.9 Å². The summed E-state index contributed by atoms with van der Waals surface area (Å²) in [6.07, 6.45) is 0.655. The molecule has 0 saturated carbocycles. The first kappa shape index (κ1) is 13.2. The van der Waals surface area contributed by atoms with Crippen LogP contribution in [0.4, 0.5) is 0 Å². The highest BCUT2D eigenvalue weighted by Gasteiger charge is 2.18. The Morgan fingerprint density at radius 1 is 1.00 bits per heavy atom. The molecule has 0 radical (unpaired) electrons. The van der Waals surface area contributed by atoms with E-state index < -0.39 is 0 Å². The Kier molecular flexibility index (Phi) is 5.20. The lowest BCUT2D eigenvalue weighted by atomic mass is 9.92. The molecule has 4 heteroatoms. The molecule has 0 heterocycles. The van der Waals surface area contributed by atoms with Gasteiger partial charge in [0.25, 0.3) is 0 Å². The van der Waals surface area contributed by atoms with Gasteiger partial charge in [-0.05, 0) is 5.56 Å². The van der Waals surface area contributed by atoms with E-state index in [1.54, 1.807) is 14.1 Å². The quantitative estimate of drug-likeness (QED) is 0.800. The van der Waals surface area contributed by atoms with Gasteiger partial charge < -0.3 is 10.6 Å². The number of amides is 2. The lowest BCUT2D eigenvalue weighted by Gasteiger charge is -2.15. The van der Waals surface area contributed by atoms with E-state index in [0.29, 0.717) is 12.8 Å². The number of nitrogens with one attached hydrogen (secondary N) is 2. The number of hydrogen-bond acceptors (Lipinski definition) is 2. The summed E-state index contributed by atoms with van der Waals surface area (Å²) in [4.78, 5) is 22.8. The van der Waals surface area contributed by atoms with Gasteiger partial charge in [0, 0.05) is 32.9 Å². The molecule has 17 heavy (non-hydrogen) atoms. The van der Waals surface area contributed by atoms with Gasteiger partial charge in [-0.3, -0.25) is 9.59 Å². The van der Waals surface area contributed by atoms with Gasteiger partial charge in [-0.1, -0.05) is 30.3 Å². The zero-order chi connectivity index (χ0) is 12.7. The van der Waals surface area contributed by atoms with Crippen molar-refractivity contribution in [2.24, 2.45) is 0 Å². The van der Waals surface area contributed by atoms with Crippen LogP contribution in [0, 0.1) is 0 Å². The SMILES string of the molecule is CNC(=O)CC(CC(=O)NC)c1ccccc1. The maximum absolute atomic E-state index is 11.4. The Labute approximate surface area is 101 Å². The van der Waals surface area contributed by atoms with Crippen molar-refractivity contribution in [3.63, 3.8) is 0 Å². The minimum absolute atomic E-state index is 0.0530. The fraction of sp³-hybridized carbons (Fsp3) is 0.385. The second-order valence-corrected chi connectivity index (χ2v) is 3.86. The fourth-order valence-corrected chi connectivity index (χ4v) is 1.68. The second-order valence-electron chi connectivity index (χ2n) is 3.86. The van der Waals surface area contributed by atoms with Crippen LogP contribution in [0.5, 0.6) is 0 Å². The highest BCUT2D eigenvalue weighted by Crippen LogP contribution is 2.23. The number of rotatable bonds is 5. The molecule has 0 saturated heterocycles. The van der Waals surface area contributed by atoms with Crippen LogP contribution < -0.4 is 10.6 Å². The average molecular weight is 234 g/mol. The summed E-state index contributed by atoms with van der Waals surface area (Å²) in [6, 6.07) is 9.62. The largest absolute Gasteiger partial charge is 0.359 e. The zero-order valence-corrected chi connectivity index (χ0v) is 10.2. The standard InChI is InChI=1S/C13H18N2O2/c1-14-12(16)8-11(9-13(17)15-2)10-6-4-3-5-7-10/h3-7,11H,8-9H2,1-2H3,(H,14,16)(H,15,17). The highest BCUT2D eigenvalue weighted by atomic mass is 16.2. The van der Waals surface area contributed by atoms with E-state index in [1.807, 2.05) is 30.3 Å². The number of benzene rings is 1. The third-order valence-electron chi connectivity index (χ3n) is 2.69. The van der Waals surface area contributed by atoms with Crippen LogP contribution in [0.1, 0.15) is 24.3 Å². The van der Waals surface area contributed by atoms with E-state index in [9.17, 15) is 9.59 Å². The molecule has 1 aromatic carbocycles. The first-order chi connectivity index (χ1) is 8.17. The molecule has 0 fully saturated rings. The smallest absolute Gasteiger partial charge is 0.220 e. The van der Waals surface area contributed by atoms with Crippen molar-refractivity contribution in [2.45, 2.75) is 18.8 Å². The van der Waals surface area contributed by atoms with Gasteiger partial charge in [-0.2, -0.15) is 0 Å². The second kappa shape index (κ2) is 6.68. The van der Waals surface area contributed by atoms with E-state index in [2.05, 4.69) is 10.6 Å². The van der Waals surface area contributed by atoms with Gasteiger partial charge in [0.15, 0.2) is 0 Å². The van der Waals surface area contributed by atoms with Crippen molar-refractivity contribution in [2.75, 3.05) is 14.1 Å². The van der Waals surface area contributed by atoms with Gasteiger partial charge >= 0.3 is 0 Å². The van der Waals surface area contributed by atoms with Crippen LogP contribution in [0.2, 0.25) is 0 Å². The van der Waals surface area contributed by atoms with Crippen LogP contribution >= 0.6 is 0 Å². The third-order valence-corrected chi connectivity index (χ3v) is 2.69. The van der Waals surface area contributed by atoms with Crippen LogP contribution in [0.25, 0.3) is 0 Å². The lowest BCUT2D eigenvalue weighted by molar-refractivity contribution is -0.122. The molecule has 0 aliphatic rings. The summed E-state index contributed by atoms with van der Waals surface area (Å²) >= 11 is 0. The van der Waals surface area contributed by atoms with Crippen molar-refractivity contribution >= 4 is 11.8 Å². The van der Waals surface area contributed by atoms with Crippen molar-refractivity contribution < 1.29 is 9.59 Å². The van der Waals surface area contributed by atoms with Crippen LogP contribution in [0.15, 0.2) is 30.3 Å². The Morgan fingerprint density at radius 2 is 1.47 bits per heavy atom. The summed E-state index contributed by atoms with van der Waals surface area (Å²) in [6.45, 7) is 0. The molecule has 0 aliphatic heterocycles. The van der Waals surface area contributed by atoms with Crippen molar-refractivity contribution in [3.8, 4) is 0 Å². The van der Waals surface area contributed by atoms with Gasteiger partial charge in [-0.15, -0.1) is 0 Å². The Morgan fingerprint density at radius 3 is 1.88 bits per heavy atom. The first-order valence-corrected chi connectivity index (χ1v) is 5.63. The third kappa shape index (κ3) is 4.26. The Hall–Kier alpha value is -1.84. The maximum atomic E-state index is 11.4. The topological polar surface area (TPSA) is 58.2 Å². The molecule has 0 bridgehead atoms. The molecule has 4 nitrogen and oxygen atoms in total. The summed E-state index contributed by atoms with van der Waals surface area (Å²) < 4.78 is 0. The van der Waals surface area contributed by atoms with Crippen LogP contribution in [-0.2, 0) is 9.59 Å². The van der Waals surface area contributed by atoms with Gasteiger partial charge in [0.2, 0.25) is 11.8 Å². The monoisotopic (exact) mass is 234 g/mol. The Balaban J connectivity index is 2.79. The molecular weight excluding hydrogens is 216 g/mol. The van der Waals surface area contributed by atoms with Crippen LogP contribution in [0.3, 0.4) is 0 Å². The van der Waals surface area contributed by atoms with Crippen molar-refractivity contribution in [1.29, 1.82) is 0 Å². The van der Waals surface area contributed by atoms with E-state index in [4.69, 9.17) is 0 Å². The molecule has 0 unspecified atom stereocenters. The molecule has 0 aliphatic carbocycles. The maximum Gasteiger partial charge on any atom is 0.220 e. The predicted octanol–water partition coefficient (Wildman–Crippen LogP) is 1.04. The number of carbonyl (C=O) groups is 2. The van der Waals surface area contributed by atoms with E-state index in [-0.39, 0.29) is 17.7 Å². The average Bonchev–Trinajstić information content (AvgIpc) is 2.38. The molecule has 2 amide bonds. The van der Waals surface area contributed by atoms with Gasteiger partial charge in [0.05, 0.1) is 0 Å². The fourth-order valence-electron chi connectivity index (χ4n) is 1.68. The molecule has 1 aromatic rings. The highest BCUT2D eigenvalue weighted by molar-refractivity contribution is 5.80. The van der Waals surface area contributed by atoms with Crippen molar-refractivity contribution in [1.82, 2.24) is 10.6 Å². The van der Waals surface area contributed by atoms with E-state index in [1.165, 1.54) is 0 Å². The molecule has 1 rings (SSSR count). The number of hydrogen-bond donors (Lipinski definition) is 2. The molecule has 92 valence electrons. The minimum atomic E-state index is -0.0731. The molecular formula is C13H18N2O2. The molecule has 0 atom stereocenters.